The molecule has 8 nitrogen and oxygen atoms in total. The van der Waals surface area contributed by atoms with Crippen molar-refractivity contribution in [2.75, 3.05) is 26.2 Å². The van der Waals surface area contributed by atoms with Crippen molar-refractivity contribution < 1.29 is 14.1 Å². The summed E-state index contributed by atoms with van der Waals surface area (Å²) in [5.74, 6) is 1.79. The van der Waals surface area contributed by atoms with Gasteiger partial charge in [-0.1, -0.05) is 35.5 Å². The van der Waals surface area contributed by atoms with E-state index < -0.39 is 0 Å². The lowest BCUT2D eigenvalue weighted by molar-refractivity contribution is -0.129. The second-order valence-corrected chi connectivity index (χ2v) is 7.52. The molecule has 1 aromatic heterocycles. The monoisotopic (exact) mass is 383 g/mol. The Hall–Kier alpha value is -2.90. The Labute approximate surface area is 163 Å². The zero-order valence-electron chi connectivity index (χ0n) is 16.0. The summed E-state index contributed by atoms with van der Waals surface area (Å²) in [6, 6.07) is 9.77. The lowest BCUT2D eigenvalue weighted by Gasteiger charge is -2.36. The largest absolute Gasteiger partial charge is 0.343 e. The normalized spacial score (nSPS) is 18.0. The van der Waals surface area contributed by atoms with Crippen LogP contribution >= 0.6 is 0 Å². The molecule has 0 radical (unpaired) electrons. The molecule has 2 saturated heterocycles. The van der Waals surface area contributed by atoms with Gasteiger partial charge in [-0.25, -0.2) is 4.79 Å². The SMILES string of the molecule is CC(=O)N1CCC(c2noc(C3CN(C(=O)NCc4ccccc4)C3)n2)CC1. The van der Waals surface area contributed by atoms with Crippen LogP contribution in [-0.2, 0) is 11.3 Å². The third-order valence-corrected chi connectivity index (χ3v) is 5.57. The predicted octanol–water partition coefficient (Wildman–Crippen LogP) is 2.10. The van der Waals surface area contributed by atoms with E-state index in [1.54, 1.807) is 11.8 Å². The van der Waals surface area contributed by atoms with Crippen molar-refractivity contribution in [2.45, 2.75) is 38.1 Å². The first-order valence-electron chi connectivity index (χ1n) is 9.76. The van der Waals surface area contributed by atoms with Gasteiger partial charge in [-0.2, -0.15) is 4.98 Å². The first-order chi connectivity index (χ1) is 13.6. The van der Waals surface area contributed by atoms with Crippen LogP contribution in [0.25, 0.3) is 0 Å². The molecule has 0 saturated carbocycles. The Balaban J connectivity index is 1.24. The van der Waals surface area contributed by atoms with Crippen LogP contribution in [0.1, 0.15) is 48.9 Å². The van der Waals surface area contributed by atoms with Gasteiger partial charge in [0, 0.05) is 45.6 Å². The number of likely N-dealkylation sites (tertiary alicyclic amines) is 2. The molecule has 148 valence electrons. The zero-order chi connectivity index (χ0) is 19.5. The standard InChI is InChI=1S/C20H25N5O3/c1-14(26)24-9-7-16(8-10-24)18-22-19(28-23-18)17-12-25(13-17)20(27)21-11-15-5-3-2-4-6-15/h2-6,16-17H,7-13H2,1H3,(H,21,27). The van der Waals surface area contributed by atoms with Gasteiger partial charge >= 0.3 is 6.03 Å². The highest BCUT2D eigenvalue weighted by Crippen LogP contribution is 2.30. The average molecular weight is 383 g/mol. The number of hydrogen-bond acceptors (Lipinski definition) is 5. The Morgan fingerprint density at radius 2 is 1.82 bits per heavy atom. The molecule has 8 heteroatoms. The van der Waals surface area contributed by atoms with Crippen LogP contribution in [0.3, 0.4) is 0 Å². The van der Waals surface area contributed by atoms with E-state index in [2.05, 4.69) is 15.5 Å². The predicted molar refractivity (Wildman–Crippen MR) is 102 cm³/mol. The van der Waals surface area contributed by atoms with Crippen molar-refractivity contribution in [3.8, 4) is 0 Å². The number of benzene rings is 1. The number of piperidine rings is 1. The van der Waals surface area contributed by atoms with E-state index in [9.17, 15) is 9.59 Å². The number of hydrogen-bond donors (Lipinski definition) is 1. The smallest absolute Gasteiger partial charge is 0.317 e. The molecule has 0 aliphatic carbocycles. The maximum absolute atomic E-state index is 12.2. The van der Waals surface area contributed by atoms with Gasteiger partial charge in [-0.3, -0.25) is 4.79 Å². The first kappa shape index (κ1) is 18.5. The van der Waals surface area contributed by atoms with Crippen LogP contribution in [-0.4, -0.2) is 58.1 Å². The van der Waals surface area contributed by atoms with Crippen LogP contribution in [0.4, 0.5) is 4.79 Å². The van der Waals surface area contributed by atoms with E-state index >= 15 is 0 Å². The third-order valence-electron chi connectivity index (χ3n) is 5.57. The molecule has 2 aliphatic rings. The minimum atomic E-state index is -0.0727. The van der Waals surface area contributed by atoms with Crippen LogP contribution in [0.15, 0.2) is 34.9 Å². The second-order valence-electron chi connectivity index (χ2n) is 7.52. The second kappa shape index (κ2) is 8.00. The molecule has 3 heterocycles. The van der Waals surface area contributed by atoms with Gasteiger partial charge < -0.3 is 19.6 Å². The Morgan fingerprint density at radius 1 is 1.11 bits per heavy atom. The molecule has 4 rings (SSSR count). The van der Waals surface area contributed by atoms with Crippen molar-refractivity contribution in [3.63, 3.8) is 0 Å². The summed E-state index contributed by atoms with van der Waals surface area (Å²) in [6.07, 6.45) is 1.72. The quantitative estimate of drug-likeness (QED) is 0.873. The van der Waals surface area contributed by atoms with E-state index in [0.717, 1.165) is 37.3 Å². The molecule has 2 fully saturated rings. The van der Waals surface area contributed by atoms with Crippen molar-refractivity contribution >= 4 is 11.9 Å². The molecule has 2 aromatic rings. The summed E-state index contributed by atoms with van der Waals surface area (Å²) in [7, 11) is 0. The molecule has 2 aliphatic heterocycles. The van der Waals surface area contributed by atoms with Crippen molar-refractivity contribution in [1.29, 1.82) is 0 Å². The molecule has 0 bridgehead atoms. The van der Waals surface area contributed by atoms with E-state index in [4.69, 9.17) is 4.52 Å². The number of rotatable bonds is 4. The maximum atomic E-state index is 12.2. The topological polar surface area (TPSA) is 91.6 Å². The van der Waals surface area contributed by atoms with E-state index in [0.29, 0.717) is 25.5 Å². The average Bonchev–Trinajstić information content (AvgIpc) is 3.16. The number of carbonyl (C=O) groups excluding carboxylic acids is 2. The van der Waals surface area contributed by atoms with Gasteiger partial charge in [0.2, 0.25) is 11.8 Å². The minimum absolute atomic E-state index is 0.0727. The zero-order valence-corrected chi connectivity index (χ0v) is 16.0. The highest BCUT2D eigenvalue weighted by molar-refractivity contribution is 5.75. The van der Waals surface area contributed by atoms with Gasteiger partial charge in [0.15, 0.2) is 5.82 Å². The number of aromatic nitrogens is 2. The van der Waals surface area contributed by atoms with Crippen LogP contribution in [0.5, 0.6) is 0 Å². The van der Waals surface area contributed by atoms with Crippen LogP contribution in [0, 0.1) is 0 Å². The molecule has 1 N–H and O–H groups in total. The summed E-state index contributed by atoms with van der Waals surface area (Å²) >= 11 is 0. The number of carbonyl (C=O) groups is 2. The minimum Gasteiger partial charge on any atom is -0.343 e. The summed E-state index contributed by atoms with van der Waals surface area (Å²) in [5, 5.41) is 7.08. The Bertz CT molecular complexity index is 823. The van der Waals surface area contributed by atoms with Gasteiger partial charge in [-0.05, 0) is 18.4 Å². The summed E-state index contributed by atoms with van der Waals surface area (Å²) < 4.78 is 5.45. The summed E-state index contributed by atoms with van der Waals surface area (Å²) in [6.45, 7) is 4.77. The number of nitrogens with zero attached hydrogens (tertiary/aromatic N) is 4. The number of urea groups is 1. The van der Waals surface area contributed by atoms with Crippen molar-refractivity contribution in [2.24, 2.45) is 0 Å². The van der Waals surface area contributed by atoms with E-state index in [-0.39, 0.29) is 23.8 Å². The van der Waals surface area contributed by atoms with Gasteiger partial charge in [-0.15, -0.1) is 0 Å². The van der Waals surface area contributed by atoms with E-state index in [1.807, 2.05) is 35.2 Å². The summed E-state index contributed by atoms with van der Waals surface area (Å²) in [4.78, 5) is 31.8. The highest BCUT2D eigenvalue weighted by atomic mass is 16.5. The fourth-order valence-corrected chi connectivity index (χ4v) is 3.72. The van der Waals surface area contributed by atoms with Crippen LogP contribution in [0.2, 0.25) is 0 Å². The van der Waals surface area contributed by atoms with Gasteiger partial charge in [0.25, 0.3) is 0 Å². The van der Waals surface area contributed by atoms with Crippen molar-refractivity contribution in [3.05, 3.63) is 47.6 Å². The lowest BCUT2D eigenvalue weighted by atomic mass is 9.96. The van der Waals surface area contributed by atoms with Gasteiger partial charge in [0.05, 0.1) is 5.92 Å². The fraction of sp³-hybridized carbons (Fsp3) is 0.500. The molecular weight excluding hydrogens is 358 g/mol. The Kier molecular flexibility index (Phi) is 5.27. The molecule has 0 unspecified atom stereocenters. The summed E-state index contributed by atoms with van der Waals surface area (Å²) in [5.41, 5.74) is 1.07. The molecule has 28 heavy (non-hydrogen) atoms. The number of amides is 3. The van der Waals surface area contributed by atoms with Crippen molar-refractivity contribution in [1.82, 2.24) is 25.3 Å². The lowest BCUT2D eigenvalue weighted by Crippen LogP contribution is -2.52. The molecule has 1 aromatic carbocycles. The molecule has 0 atom stereocenters. The third kappa shape index (κ3) is 4.00. The fourth-order valence-electron chi connectivity index (χ4n) is 3.72. The molecular formula is C20H25N5O3. The maximum Gasteiger partial charge on any atom is 0.317 e. The Morgan fingerprint density at radius 3 is 2.50 bits per heavy atom. The van der Waals surface area contributed by atoms with E-state index in [1.165, 1.54) is 0 Å². The molecule has 3 amide bonds. The van der Waals surface area contributed by atoms with Gasteiger partial charge in [0.1, 0.15) is 0 Å². The van der Waals surface area contributed by atoms with Crippen LogP contribution < -0.4 is 5.32 Å². The first-order valence-corrected chi connectivity index (χ1v) is 9.76. The number of nitrogens with one attached hydrogen (secondary N) is 1. The molecule has 0 spiro atoms. The highest BCUT2D eigenvalue weighted by Gasteiger charge is 2.36.